The van der Waals surface area contributed by atoms with Crippen molar-refractivity contribution in [1.29, 1.82) is 0 Å². The van der Waals surface area contributed by atoms with Gasteiger partial charge in [0, 0.05) is 18.8 Å². The monoisotopic (exact) mass is 307 g/mol. The molecule has 1 unspecified atom stereocenters. The first kappa shape index (κ1) is 16.1. The first-order chi connectivity index (χ1) is 10.5. The number of anilines is 1. The molecule has 3 N–H and O–H groups in total. The van der Waals surface area contributed by atoms with Gasteiger partial charge in [0.1, 0.15) is 11.9 Å². The molecule has 8 heteroatoms. The molecule has 0 saturated carbocycles. The lowest BCUT2D eigenvalue weighted by atomic mass is 10.3. The van der Waals surface area contributed by atoms with Gasteiger partial charge in [-0.3, -0.25) is 10.00 Å². The maximum atomic E-state index is 11.7. The Bertz CT molecular complexity index is 579. The molecular weight excluding hydrogens is 286 g/mol. The molecule has 2 amide bonds. The van der Waals surface area contributed by atoms with Crippen LogP contribution in [0, 0.1) is 0 Å². The number of aromatic nitrogens is 2. The molecule has 0 aliphatic carbocycles. The smallest absolute Gasteiger partial charge is 0.320 e. The van der Waals surface area contributed by atoms with E-state index < -0.39 is 12.1 Å². The van der Waals surface area contributed by atoms with E-state index in [9.17, 15) is 9.90 Å². The predicted octanol–water partition coefficient (Wildman–Crippen LogP) is 0.893. The molecule has 2 rings (SSSR count). The highest BCUT2D eigenvalue weighted by atomic mass is 16.4. The Hall–Kier alpha value is -2.32. The summed E-state index contributed by atoms with van der Waals surface area (Å²) in [7, 11) is 3.97. The largest absolute Gasteiger partial charge is 0.467 e. The van der Waals surface area contributed by atoms with Gasteiger partial charge < -0.3 is 19.7 Å². The quantitative estimate of drug-likeness (QED) is 0.706. The predicted molar refractivity (Wildman–Crippen MR) is 81.5 cm³/mol. The Morgan fingerprint density at radius 2 is 2.32 bits per heavy atom. The molecule has 0 radical (unpaired) electrons. The van der Waals surface area contributed by atoms with Crippen LogP contribution in [0.15, 0.2) is 35.1 Å². The maximum Gasteiger partial charge on any atom is 0.320 e. The number of amides is 2. The minimum absolute atomic E-state index is 0.0562. The zero-order valence-electron chi connectivity index (χ0n) is 12.7. The molecule has 8 nitrogen and oxygen atoms in total. The summed E-state index contributed by atoms with van der Waals surface area (Å²) in [5, 5.41) is 19.2. The summed E-state index contributed by atoms with van der Waals surface area (Å²) in [6.45, 7) is 1.66. The summed E-state index contributed by atoms with van der Waals surface area (Å²) in [6.07, 6.45) is 2.40. The van der Waals surface area contributed by atoms with E-state index in [1.54, 1.807) is 29.1 Å². The molecular formula is C14H21N5O3. The van der Waals surface area contributed by atoms with Gasteiger partial charge in [0.2, 0.25) is 0 Å². The number of carbonyl (C=O) groups is 1. The van der Waals surface area contributed by atoms with Crippen LogP contribution >= 0.6 is 0 Å². The second kappa shape index (κ2) is 7.62. The summed E-state index contributed by atoms with van der Waals surface area (Å²) in [6, 6.07) is 4.62. The van der Waals surface area contributed by atoms with Crippen molar-refractivity contribution in [2.24, 2.45) is 0 Å². The average molecular weight is 307 g/mol. The van der Waals surface area contributed by atoms with Crippen LogP contribution in [0.25, 0.3) is 0 Å². The van der Waals surface area contributed by atoms with E-state index in [0.717, 1.165) is 13.1 Å². The lowest BCUT2D eigenvalue weighted by molar-refractivity contribution is 0.149. The Morgan fingerprint density at radius 1 is 1.50 bits per heavy atom. The van der Waals surface area contributed by atoms with Gasteiger partial charge in [-0.05, 0) is 26.2 Å². The van der Waals surface area contributed by atoms with Gasteiger partial charge in [-0.1, -0.05) is 0 Å². The highest BCUT2D eigenvalue weighted by Gasteiger charge is 2.12. The molecule has 1 atom stereocenters. The number of likely N-dealkylation sites (N-methyl/N-ethyl adjacent to an activating group) is 1. The Morgan fingerprint density at radius 3 is 3.00 bits per heavy atom. The van der Waals surface area contributed by atoms with Gasteiger partial charge in [-0.25, -0.2) is 4.79 Å². The minimum atomic E-state index is -0.876. The van der Waals surface area contributed by atoms with Crippen molar-refractivity contribution in [2.75, 3.05) is 32.5 Å². The van der Waals surface area contributed by atoms with E-state index >= 15 is 0 Å². The fourth-order valence-corrected chi connectivity index (χ4v) is 1.79. The third-order valence-electron chi connectivity index (χ3n) is 2.99. The highest BCUT2D eigenvalue weighted by Crippen LogP contribution is 2.11. The number of hydrogen-bond acceptors (Lipinski definition) is 5. The second-order valence-corrected chi connectivity index (χ2v) is 5.13. The molecule has 2 heterocycles. The van der Waals surface area contributed by atoms with Gasteiger partial charge >= 0.3 is 6.03 Å². The Kier molecular flexibility index (Phi) is 5.56. The molecule has 0 aromatic carbocycles. The lowest BCUT2D eigenvalue weighted by Gasteiger charge is -2.10. The highest BCUT2D eigenvalue weighted by molar-refractivity contribution is 5.88. The molecule has 22 heavy (non-hydrogen) atoms. The lowest BCUT2D eigenvalue weighted by Crippen LogP contribution is -2.32. The van der Waals surface area contributed by atoms with Crippen molar-refractivity contribution < 1.29 is 14.3 Å². The van der Waals surface area contributed by atoms with Gasteiger partial charge in [0.15, 0.2) is 5.82 Å². The number of urea groups is 1. The number of carbonyl (C=O) groups excluding carboxylic acids is 1. The normalized spacial score (nSPS) is 12.4. The molecule has 0 aliphatic rings. The summed E-state index contributed by atoms with van der Waals surface area (Å²) >= 11 is 0. The SMILES string of the molecule is CN(C)CCn1ccc(NC(=O)NCC(O)c2ccco2)n1. The molecule has 0 saturated heterocycles. The number of aliphatic hydroxyl groups excluding tert-OH is 1. The van der Waals surface area contributed by atoms with Crippen molar-refractivity contribution in [3.05, 3.63) is 36.4 Å². The number of rotatable bonds is 7. The van der Waals surface area contributed by atoms with Crippen molar-refractivity contribution in [2.45, 2.75) is 12.6 Å². The fourth-order valence-electron chi connectivity index (χ4n) is 1.79. The van der Waals surface area contributed by atoms with Gasteiger partial charge in [0.25, 0.3) is 0 Å². The molecule has 2 aromatic rings. The van der Waals surface area contributed by atoms with E-state index in [2.05, 4.69) is 20.6 Å². The number of nitrogens with one attached hydrogen (secondary N) is 2. The minimum Gasteiger partial charge on any atom is -0.467 e. The van der Waals surface area contributed by atoms with Crippen LogP contribution in [0.4, 0.5) is 10.6 Å². The van der Waals surface area contributed by atoms with Gasteiger partial charge in [-0.15, -0.1) is 0 Å². The zero-order chi connectivity index (χ0) is 15.9. The summed E-state index contributed by atoms with van der Waals surface area (Å²) in [5.74, 6) is 0.872. The van der Waals surface area contributed by atoms with Crippen LogP contribution in [0.5, 0.6) is 0 Å². The van der Waals surface area contributed by atoms with E-state index in [0.29, 0.717) is 11.6 Å². The average Bonchev–Trinajstić information content (AvgIpc) is 3.14. The van der Waals surface area contributed by atoms with Crippen LogP contribution in [0.2, 0.25) is 0 Å². The van der Waals surface area contributed by atoms with Crippen molar-refractivity contribution in [3.63, 3.8) is 0 Å². The third-order valence-corrected chi connectivity index (χ3v) is 2.99. The van der Waals surface area contributed by atoms with Crippen molar-refractivity contribution in [3.8, 4) is 0 Å². The summed E-state index contributed by atoms with van der Waals surface area (Å²) < 4.78 is 6.81. The van der Waals surface area contributed by atoms with Gasteiger partial charge in [0.05, 0.1) is 19.4 Å². The Balaban J connectivity index is 1.75. The molecule has 2 aromatic heterocycles. The van der Waals surface area contributed by atoms with Crippen LogP contribution in [0.3, 0.4) is 0 Å². The topological polar surface area (TPSA) is 95.6 Å². The first-order valence-corrected chi connectivity index (χ1v) is 6.99. The standard InChI is InChI=1S/C14H21N5O3/c1-18(2)7-8-19-6-5-13(17-19)16-14(21)15-10-11(20)12-4-3-9-22-12/h3-6,9,11,20H,7-8,10H2,1-2H3,(H2,15,16,17,21). The maximum absolute atomic E-state index is 11.7. The van der Waals surface area contributed by atoms with Crippen molar-refractivity contribution >= 4 is 11.8 Å². The van der Waals surface area contributed by atoms with Gasteiger partial charge in [-0.2, -0.15) is 5.10 Å². The van der Waals surface area contributed by atoms with Crippen LogP contribution < -0.4 is 10.6 Å². The first-order valence-electron chi connectivity index (χ1n) is 6.99. The number of hydrogen-bond donors (Lipinski definition) is 3. The zero-order valence-corrected chi connectivity index (χ0v) is 12.7. The summed E-state index contributed by atoms with van der Waals surface area (Å²) in [4.78, 5) is 13.8. The molecule has 0 fully saturated rings. The van der Waals surface area contributed by atoms with Crippen LogP contribution in [0.1, 0.15) is 11.9 Å². The summed E-state index contributed by atoms with van der Waals surface area (Å²) in [5.41, 5.74) is 0. The molecule has 0 spiro atoms. The number of aliphatic hydroxyl groups is 1. The second-order valence-electron chi connectivity index (χ2n) is 5.13. The van der Waals surface area contributed by atoms with E-state index in [4.69, 9.17) is 4.42 Å². The fraction of sp³-hybridized carbons (Fsp3) is 0.429. The van der Waals surface area contributed by atoms with E-state index in [-0.39, 0.29) is 6.54 Å². The molecule has 120 valence electrons. The number of furan rings is 1. The van der Waals surface area contributed by atoms with E-state index in [1.807, 2.05) is 14.1 Å². The Labute approximate surface area is 128 Å². The van der Waals surface area contributed by atoms with Crippen LogP contribution in [-0.4, -0.2) is 53.0 Å². The number of nitrogens with zero attached hydrogens (tertiary/aromatic N) is 3. The van der Waals surface area contributed by atoms with Crippen LogP contribution in [-0.2, 0) is 6.54 Å². The third kappa shape index (κ3) is 4.90. The molecule has 0 aliphatic heterocycles. The van der Waals surface area contributed by atoms with Crippen molar-refractivity contribution in [1.82, 2.24) is 20.0 Å². The molecule has 0 bridgehead atoms. The van der Waals surface area contributed by atoms with E-state index in [1.165, 1.54) is 6.26 Å².